The van der Waals surface area contributed by atoms with Crippen LogP contribution >= 0.6 is 47.2 Å². The van der Waals surface area contributed by atoms with Crippen molar-refractivity contribution in [2.45, 2.75) is 31.8 Å². The maximum atomic E-state index is 11.8. The zero-order valence-corrected chi connectivity index (χ0v) is 19.4. The molecule has 4 N–H and O–H groups in total. The van der Waals surface area contributed by atoms with E-state index in [-0.39, 0.29) is 72.4 Å². The molecule has 1 heterocycles. The lowest BCUT2D eigenvalue weighted by molar-refractivity contribution is -0.121. The first kappa shape index (κ1) is 24.3. The highest BCUT2D eigenvalue weighted by molar-refractivity contribution is 14.0. The van der Waals surface area contributed by atoms with Gasteiger partial charge in [-0.3, -0.25) is 9.79 Å². The predicted octanol–water partition coefficient (Wildman–Crippen LogP) is 2.27. The summed E-state index contributed by atoms with van der Waals surface area (Å²) in [6.07, 6.45) is 0.593. The Hall–Kier alpha value is -0.780. The molecule has 27 heavy (non-hydrogen) atoms. The number of hydrogen-bond donors (Lipinski definition) is 3. The van der Waals surface area contributed by atoms with Crippen molar-refractivity contribution in [1.82, 2.24) is 10.6 Å². The number of amides is 1. The quantitative estimate of drug-likeness (QED) is 0.287. The van der Waals surface area contributed by atoms with Gasteiger partial charge in [-0.05, 0) is 31.0 Å². The molecular formula is C16H23Cl2IN4O3S. The Morgan fingerprint density at radius 3 is 2.70 bits per heavy atom. The Morgan fingerprint density at radius 1 is 1.41 bits per heavy atom. The van der Waals surface area contributed by atoms with E-state index >= 15 is 0 Å². The molecule has 0 aromatic heterocycles. The second kappa shape index (κ2) is 10.7. The van der Waals surface area contributed by atoms with Crippen LogP contribution in [0.15, 0.2) is 23.2 Å². The lowest BCUT2D eigenvalue weighted by Crippen LogP contribution is -2.36. The van der Waals surface area contributed by atoms with Crippen LogP contribution in [0.25, 0.3) is 0 Å². The van der Waals surface area contributed by atoms with Crippen LogP contribution in [0.3, 0.4) is 0 Å². The largest absolute Gasteiger partial charge is 0.370 e. The number of aliphatic imine (C=N–C) groups is 1. The van der Waals surface area contributed by atoms with E-state index in [1.54, 1.807) is 18.2 Å². The molecule has 7 nitrogen and oxygen atoms in total. The van der Waals surface area contributed by atoms with Crippen LogP contribution < -0.4 is 16.4 Å². The average Bonchev–Trinajstić information content (AvgIpc) is 2.85. The monoisotopic (exact) mass is 548 g/mol. The molecular weight excluding hydrogens is 526 g/mol. The van der Waals surface area contributed by atoms with Gasteiger partial charge in [0.05, 0.1) is 24.1 Å². The third-order valence-electron chi connectivity index (χ3n) is 4.01. The molecule has 1 aliphatic rings. The van der Waals surface area contributed by atoms with Crippen LogP contribution in [-0.4, -0.2) is 44.4 Å². The van der Waals surface area contributed by atoms with Crippen molar-refractivity contribution in [3.8, 4) is 0 Å². The van der Waals surface area contributed by atoms with Gasteiger partial charge >= 0.3 is 0 Å². The molecule has 2 atom stereocenters. The number of hydrogen-bond acceptors (Lipinski definition) is 4. The molecule has 0 aliphatic carbocycles. The molecule has 1 fully saturated rings. The number of carbonyl (C=O) groups excluding carboxylic acids is 1. The van der Waals surface area contributed by atoms with Gasteiger partial charge in [0.2, 0.25) is 5.91 Å². The van der Waals surface area contributed by atoms with E-state index in [9.17, 15) is 13.2 Å². The number of nitrogens with one attached hydrogen (secondary N) is 2. The fourth-order valence-electron chi connectivity index (χ4n) is 2.68. The van der Waals surface area contributed by atoms with Crippen LogP contribution in [-0.2, 0) is 14.6 Å². The first-order chi connectivity index (χ1) is 12.2. The highest BCUT2D eigenvalue weighted by atomic mass is 127. The van der Waals surface area contributed by atoms with Gasteiger partial charge in [-0.1, -0.05) is 29.3 Å². The summed E-state index contributed by atoms with van der Waals surface area (Å²) in [7, 11) is -3.01. The first-order valence-electron chi connectivity index (χ1n) is 8.17. The normalized spacial score (nSPS) is 19.8. The Morgan fingerprint density at radius 2 is 2.11 bits per heavy atom. The number of halogens is 3. The summed E-state index contributed by atoms with van der Waals surface area (Å²) in [4.78, 5) is 16.0. The molecule has 0 saturated carbocycles. The standard InChI is InChI=1S/C16H22Cl2N4O3S.HI/c1-10(13-3-2-11(17)8-14(13)18)21-16(19)20-6-4-15(23)22-12-5-7-26(24,25)9-12;/h2-3,8,10,12H,4-7,9H2,1H3,(H,22,23)(H3,19,20,21);1H. The van der Waals surface area contributed by atoms with Crippen LogP contribution in [0.2, 0.25) is 10.0 Å². The minimum Gasteiger partial charge on any atom is -0.370 e. The van der Waals surface area contributed by atoms with Gasteiger partial charge in [-0.15, -0.1) is 24.0 Å². The van der Waals surface area contributed by atoms with Gasteiger partial charge < -0.3 is 16.4 Å². The van der Waals surface area contributed by atoms with Crippen molar-refractivity contribution in [2.24, 2.45) is 10.7 Å². The van der Waals surface area contributed by atoms with Gasteiger partial charge in [-0.25, -0.2) is 8.42 Å². The number of guanidine groups is 1. The Labute approximate surface area is 186 Å². The van der Waals surface area contributed by atoms with E-state index in [4.69, 9.17) is 28.9 Å². The minimum atomic E-state index is -3.01. The number of nitrogens with zero attached hydrogens (tertiary/aromatic N) is 1. The lowest BCUT2D eigenvalue weighted by Gasteiger charge is -2.16. The Bertz CT molecular complexity index is 805. The molecule has 1 aromatic carbocycles. The molecule has 1 saturated heterocycles. The topological polar surface area (TPSA) is 114 Å². The number of carbonyl (C=O) groups is 1. The van der Waals surface area contributed by atoms with Gasteiger partial charge in [0.25, 0.3) is 0 Å². The van der Waals surface area contributed by atoms with Crippen LogP contribution in [0.4, 0.5) is 0 Å². The average molecular weight is 549 g/mol. The van der Waals surface area contributed by atoms with Gasteiger partial charge in [0, 0.05) is 22.5 Å². The van der Waals surface area contributed by atoms with Crippen LogP contribution in [0, 0.1) is 0 Å². The summed E-state index contributed by atoms with van der Waals surface area (Å²) in [6.45, 7) is 2.08. The SMILES string of the molecule is CC(NC(N)=NCCC(=O)NC1CCS(=O)(=O)C1)c1ccc(Cl)cc1Cl.I. The maximum Gasteiger partial charge on any atom is 0.222 e. The van der Waals surface area contributed by atoms with E-state index in [0.29, 0.717) is 16.5 Å². The molecule has 11 heteroatoms. The van der Waals surface area contributed by atoms with Crippen molar-refractivity contribution < 1.29 is 13.2 Å². The third kappa shape index (κ3) is 8.00. The molecule has 0 spiro atoms. The summed E-state index contributed by atoms with van der Waals surface area (Å²) < 4.78 is 22.7. The van der Waals surface area contributed by atoms with Crippen molar-refractivity contribution in [2.75, 3.05) is 18.1 Å². The molecule has 1 aromatic rings. The second-order valence-corrected chi connectivity index (χ2v) is 9.29. The maximum absolute atomic E-state index is 11.8. The first-order valence-corrected chi connectivity index (χ1v) is 10.8. The third-order valence-corrected chi connectivity index (χ3v) is 6.34. The number of rotatable bonds is 6. The smallest absolute Gasteiger partial charge is 0.222 e. The van der Waals surface area contributed by atoms with E-state index in [0.717, 1.165) is 5.56 Å². The second-order valence-electron chi connectivity index (χ2n) is 6.22. The summed E-state index contributed by atoms with van der Waals surface area (Å²) in [5.41, 5.74) is 6.66. The zero-order valence-electron chi connectivity index (χ0n) is 14.7. The van der Waals surface area contributed by atoms with Gasteiger partial charge in [0.1, 0.15) is 0 Å². The van der Waals surface area contributed by atoms with Crippen molar-refractivity contribution in [3.05, 3.63) is 33.8 Å². The fourth-order valence-corrected chi connectivity index (χ4v) is 4.93. The van der Waals surface area contributed by atoms with Crippen LogP contribution in [0.1, 0.15) is 31.4 Å². The van der Waals surface area contributed by atoms with E-state index in [1.165, 1.54) is 0 Å². The molecule has 152 valence electrons. The Kier molecular flexibility index (Phi) is 9.59. The zero-order chi connectivity index (χ0) is 19.3. The highest BCUT2D eigenvalue weighted by Gasteiger charge is 2.28. The van der Waals surface area contributed by atoms with E-state index in [1.807, 2.05) is 6.92 Å². The molecule has 2 rings (SSSR count). The van der Waals surface area contributed by atoms with Gasteiger partial charge in [0.15, 0.2) is 15.8 Å². The van der Waals surface area contributed by atoms with Gasteiger partial charge in [-0.2, -0.15) is 0 Å². The fraction of sp³-hybridized carbons (Fsp3) is 0.500. The number of benzene rings is 1. The summed E-state index contributed by atoms with van der Waals surface area (Å²) in [5.74, 6) is 0.0839. The van der Waals surface area contributed by atoms with Crippen molar-refractivity contribution in [3.63, 3.8) is 0 Å². The molecule has 1 amide bonds. The molecule has 0 bridgehead atoms. The highest BCUT2D eigenvalue weighted by Crippen LogP contribution is 2.25. The number of nitrogens with two attached hydrogens (primary N) is 1. The lowest BCUT2D eigenvalue weighted by atomic mass is 10.1. The van der Waals surface area contributed by atoms with Crippen molar-refractivity contribution in [1.29, 1.82) is 0 Å². The van der Waals surface area contributed by atoms with Crippen molar-refractivity contribution >= 4 is 68.9 Å². The Balaban J connectivity index is 0.00000364. The molecule has 1 aliphatic heterocycles. The van der Waals surface area contributed by atoms with Crippen LogP contribution in [0.5, 0.6) is 0 Å². The van der Waals surface area contributed by atoms with E-state index < -0.39 is 9.84 Å². The summed E-state index contributed by atoms with van der Waals surface area (Å²) >= 11 is 12.0. The number of sulfone groups is 1. The molecule has 2 unspecified atom stereocenters. The summed E-state index contributed by atoms with van der Waals surface area (Å²) in [5, 5.41) is 6.79. The van der Waals surface area contributed by atoms with E-state index in [2.05, 4.69) is 15.6 Å². The summed E-state index contributed by atoms with van der Waals surface area (Å²) in [6, 6.07) is 4.71. The predicted molar refractivity (Wildman–Crippen MR) is 120 cm³/mol. The minimum absolute atomic E-state index is 0. The molecule has 0 radical (unpaired) electrons.